The van der Waals surface area contributed by atoms with Crippen LogP contribution in [0, 0.1) is 6.92 Å². The van der Waals surface area contributed by atoms with Crippen LogP contribution in [0.25, 0.3) is 0 Å². The van der Waals surface area contributed by atoms with Gasteiger partial charge < -0.3 is 14.4 Å². The van der Waals surface area contributed by atoms with Crippen molar-refractivity contribution in [2.75, 3.05) is 20.8 Å². The molecule has 1 aromatic heterocycles. The number of thiophene rings is 1. The molecule has 0 aliphatic carbocycles. The van der Waals surface area contributed by atoms with E-state index in [9.17, 15) is 4.79 Å². The number of carbonyl (C=O) groups is 1. The summed E-state index contributed by atoms with van der Waals surface area (Å²) in [5.41, 5.74) is 3.68. The molecule has 0 N–H and O–H groups in total. The Morgan fingerprint density at radius 2 is 1.84 bits per heavy atom. The van der Waals surface area contributed by atoms with E-state index in [1.54, 1.807) is 25.6 Å². The van der Waals surface area contributed by atoms with Crippen LogP contribution in [0.5, 0.6) is 11.5 Å². The second-order valence-corrected chi connectivity index (χ2v) is 7.65. The Balaban J connectivity index is 1.82. The molecule has 134 valence electrons. The lowest BCUT2D eigenvalue weighted by Crippen LogP contribution is -2.35. The maximum Gasteiger partial charge on any atom is 0.264 e. The van der Waals surface area contributed by atoms with Crippen molar-refractivity contribution < 1.29 is 14.3 Å². The molecule has 0 saturated heterocycles. The number of ether oxygens (including phenoxy) is 2. The molecule has 4 nitrogen and oxygen atoms in total. The third-order valence-electron chi connectivity index (χ3n) is 4.76. The molecule has 1 aliphatic rings. The molecular formula is C20H25NO3S. The average molecular weight is 359 g/mol. The molecule has 1 aliphatic heterocycles. The summed E-state index contributed by atoms with van der Waals surface area (Å²) in [4.78, 5) is 17.0. The number of rotatable bonds is 5. The molecular weight excluding hydrogens is 334 g/mol. The van der Waals surface area contributed by atoms with Crippen LogP contribution < -0.4 is 9.47 Å². The van der Waals surface area contributed by atoms with E-state index in [1.807, 2.05) is 17.0 Å². The van der Waals surface area contributed by atoms with Crippen LogP contribution in [-0.2, 0) is 19.4 Å². The Morgan fingerprint density at radius 3 is 2.48 bits per heavy atom. The predicted octanol–water partition coefficient (Wildman–Crippen LogP) is 4.22. The second-order valence-electron chi connectivity index (χ2n) is 6.39. The van der Waals surface area contributed by atoms with Crippen LogP contribution in [0.1, 0.15) is 44.6 Å². The van der Waals surface area contributed by atoms with E-state index in [0.29, 0.717) is 12.3 Å². The van der Waals surface area contributed by atoms with Gasteiger partial charge in [0, 0.05) is 18.0 Å². The van der Waals surface area contributed by atoms with Gasteiger partial charge in [-0.05, 0) is 54.7 Å². The molecule has 3 rings (SSSR count). The van der Waals surface area contributed by atoms with Crippen molar-refractivity contribution in [3.05, 3.63) is 44.6 Å². The fraction of sp³-hybridized carbons (Fsp3) is 0.450. The molecule has 0 radical (unpaired) electrons. The van der Waals surface area contributed by atoms with Crippen LogP contribution in [0.2, 0.25) is 0 Å². The zero-order valence-corrected chi connectivity index (χ0v) is 16.2. The number of hydrogen-bond acceptors (Lipinski definition) is 4. The first-order valence-electron chi connectivity index (χ1n) is 8.69. The first-order valence-corrected chi connectivity index (χ1v) is 9.51. The number of methoxy groups -OCH3 is 2. The van der Waals surface area contributed by atoms with Gasteiger partial charge in [-0.3, -0.25) is 4.79 Å². The molecule has 1 aromatic carbocycles. The minimum Gasteiger partial charge on any atom is -0.493 e. The number of amides is 1. The van der Waals surface area contributed by atoms with Gasteiger partial charge in [-0.15, -0.1) is 11.3 Å². The smallest absolute Gasteiger partial charge is 0.264 e. The van der Waals surface area contributed by atoms with Crippen molar-refractivity contribution in [2.24, 2.45) is 0 Å². The highest BCUT2D eigenvalue weighted by Crippen LogP contribution is 2.34. The summed E-state index contributed by atoms with van der Waals surface area (Å²) in [7, 11) is 3.29. The molecule has 0 fully saturated rings. The van der Waals surface area contributed by atoms with Crippen LogP contribution in [-0.4, -0.2) is 31.6 Å². The molecule has 2 heterocycles. The van der Waals surface area contributed by atoms with Gasteiger partial charge in [-0.1, -0.05) is 13.3 Å². The number of hydrogen-bond donors (Lipinski definition) is 0. The molecule has 0 unspecified atom stereocenters. The highest BCUT2D eigenvalue weighted by molar-refractivity contribution is 7.14. The average Bonchev–Trinajstić information content (AvgIpc) is 3.00. The number of aryl methyl sites for hydroxylation is 2. The maximum absolute atomic E-state index is 12.9. The van der Waals surface area contributed by atoms with E-state index >= 15 is 0 Å². The lowest BCUT2D eigenvalue weighted by atomic mass is 9.98. The first-order chi connectivity index (χ1) is 12.1. The normalized spacial score (nSPS) is 13.5. The third-order valence-corrected chi connectivity index (χ3v) is 5.84. The molecule has 0 saturated carbocycles. The SMILES string of the molecule is CCCc1cc(C(=O)N2CCc3cc(OC)c(OC)cc3C2)sc1C. The lowest BCUT2D eigenvalue weighted by molar-refractivity contribution is 0.0739. The molecule has 0 bridgehead atoms. The summed E-state index contributed by atoms with van der Waals surface area (Å²) in [5, 5.41) is 0. The maximum atomic E-state index is 12.9. The second kappa shape index (κ2) is 7.48. The summed E-state index contributed by atoms with van der Waals surface area (Å²) in [5.74, 6) is 1.60. The van der Waals surface area contributed by atoms with Gasteiger partial charge >= 0.3 is 0 Å². The summed E-state index contributed by atoms with van der Waals surface area (Å²) >= 11 is 1.62. The molecule has 2 aromatic rings. The Morgan fingerprint density at radius 1 is 1.16 bits per heavy atom. The number of nitrogens with zero attached hydrogens (tertiary/aromatic N) is 1. The molecule has 25 heavy (non-hydrogen) atoms. The van der Waals surface area contributed by atoms with Crippen molar-refractivity contribution in [2.45, 2.75) is 39.7 Å². The van der Waals surface area contributed by atoms with Crippen molar-refractivity contribution in [3.8, 4) is 11.5 Å². The minimum atomic E-state index is 0.135. The van der Waals surface area contributed by atoms with E-state index < -0.39 is 0 Å². The summed E-state index contributed by atoms with van der Waals surface area (Å²) < 4.78 is 10.8. The molecule has 5 heteroatoms. The quantitative estimate of drug-likeness (QED) is 0.802. The highest BCUT2D eigenvalue weighted by atomic mass is 32.1. The fourth-order valence-electron chi connectivity index (χ4n) is 3.36. The zero-order valence-electron chi connectivity index (χ0n) is 15.3. The van der Waals surface area contributed by atoms with Gasteiger partial charge in [0.2, 0.25) is 0 Å². The van der Waals surface area contributed by atoms with Crippen LogP contribution in [0.15, 0.2) is 18.2 Å². The molecule has 0 spiro atoms. The van der Waals surface area contributed by atoms with Gasteiger partial charge in [0.1, 0.15) is 0 Å². The topological polar surface area (TPSA) is 38.8 Å². The van der Waals surface area contributed by atoms with Gasteiger partial charge in [0.15, 0.2) is 11.5 Å². The van der Waals surface area contributed by atoms with Crippen molar-refractivity contribution in [1.29, 1.82) is 0 Å². The standard InChI is InChI=1S/C20H25NO3S/c1-5-6-14-11-19(25-13(14)2)20(22)21-8-7-15-9-17(23-3)18(24-4)10-16(15)12-21/h9-11H,5-8,12H2,1-4H3. The van der Waals surface area contributed by atoms with Crippen molar-refractivity contribution >= 4 is 17.2 Å². The van der Waals surface area contributed by atoms with E-state index in [2.05, 4.69) is 19.9 Å². The zero-order chi connectivity index (χ0) is 18.0. The van der Waals surface area contributed by atoms with Gasteiger partial charge in [-0.2, -0.15) is 0 Å². The van der Waals surface area contributed by atoms with Crippen molar-refractivity contribution in [1.82, 2.24) is 4.90 Å². The summed E-state index contributed by atoms with van der Waals surface area (Å²) in [6.45, 7) is 5.63. The fourth-order valence-corrected chi connectivity index (χ4v) is 4.39. The largest absolute Gasteiger partial charge is 0.493 e. The summed E-state index contributed by atoms with van der Waals surface area (Å²) in [6.07, 6.45) is 2.98. The van der Waals surface area contributed by atoms with Crippen LogP contribution in [0.3, 0.4) is 0 Å². The predicted molar refractivity (Wildman–Crippen MR) is 101 cm³/mol. The van der Waals surface area contributed by atoms with E-state index in [1.165, 1.54) is 16.0 Å². The van der Waals surface area contributed by atoms with E-state index in [4.69, 9.17) is 9.47 Å². The Bertz CT molecular complexity index is 781. The van der Waals surface area contributed by atoms with Crippen LogP contribution in [0.4, 0.5) is 0 Å². The Labute approximate surface area is 153 Å². The van der Waals surface area contributed by atoms with Gasteiger partial charge in [-0.25, -0.2) is 0 Å². The molecule has 0 atom stereocenters. The van der Waals surface area contributed by atoms with E-state index in [0.717, 1.165) is 42.0 Å². The lowest BCUT2D eigenvalue weighted by Gasteiger charge is -2.29. The Kier molecular flexibility index (Phi) is 5.33. The number of benzene rings is 1. The number of fused-ring (bicyclic) bond motifs is 1. The first kappa shape index (κ1) is 17.8. The third kappa shape index (κ3) is 3.52. The monoisotopic (exact) mass is 359 g/mol. The Hall–Kier alpha value is -2.01. The molecule has 1 amide bonds. The summed E-state index contributed by atoms with van der Waals surface area (Å²) in [6, 6.07) is 6.11. The minimum absolute atomic E-state index is 0.135. The van der Waals surface area contributed by atoms with Crippen LogP contribution >= 0.6 is 11.3 Å². The van der Waals surface area contributed by atoms with E-state index in [-0.39, 0.29) is 5.91 Å². The van der Waals surface area contributed by atoms with Gasteiger partial charge in [0.05, 0.1) is 19.1 Å². The van der Waals surface area contributed by atoms with Gasteiger partial charge in [0.25, 0.3) is 5.91 Å². The van der Waals surface area contributed by atoms with Crippen molar-refractivity contribution in [3.63, 3.8) is 0 Å². The highest BCUT2D eigenvalue weighted by Gasteiger charge is 2.25. The number of carbonyl (C=O) groups excluding carboxylic acids is 1.